The van der Waals surface area contributed by atoms with E-state index in [2.05, 4.69) is 27.7 Å². The number of halogens is 2. The second kappa shape index (κ2) is 9.36. The molecule has 0 spiro atoms. The quantitative estimate of drug-likeness (QED) is 0.591. The van der Waals surface area contributed by atoms with Gasteiger partial charge in [0.2, 0.25) is 0 Å². The number of hydrogen-bond donors (Lipinski definition) is 2. The van der Waals surface area contributed by atoms with Gasteiger partial charge in [0.15, 0.2) is 0 Å². The van der Waals surface area contributed by atoms with E-state index in [1.54, 1.807) is 11.3 Å². The Morgan fingerprint density at radius 1 is 1.03 bits per heavy atom. The number of rotatable bonds is 5. The lowest BCUT2D eigenvalue weighted by Crippen LogP contribution is -2.43. The SMILES string of the molecule is O=C(NC[C@@H](c1cccs1)N1CCc2ccccc2C1)C(=O)Nc1cc(F)ccc1F. The number of carbonyl (C=O) groups is 2. The van der Waals surface area contributed by atoms with Crippen molar-refractivity contribution in [3.8, 4) is 0 Å². The van der Waals surface area contributed by atoms with Crippen molar-refractivity contribution >= 4 is 28.8 Å². The Labute approximate surface area is 182 Å². The maximum absolute atomic E-state index is 13.7. The Balaban J connectivity index is 1.43. The summed E-state index contributed by atoms with van der Waals surface area (Å²) in [4.78, 5) is 27.9. The van der Waals surface area contributed by atoms with Gasteiger partial charge < -0.3 is 10.6 Å². The minimum atomic E-state index is -1.04. The zero-order valence-corrected chi connectivity index (χ0v) is 17.4. The number of fused-ring (bicyclic) bond motifs is 1. The fourth-order valence-electron chi connectivity index (χ4n) is 3.72. The number of amides is 2. The maximum atomic E-state index is 13.7. The van der Waals surface area contributed by atoms with Crippen LogP contribution in [0.15, 0.2) is 60.0 Å². The van der Waals surface area contributed by atoms with Crippen LogP contribution in [-0.2, 0) is 22.6 Å². The highest BCUT2D eigenvalue weighted by Crippen LogP contribution is 2.30. The van der Waals surface area contributed by atoms with Gasteiger partial charge >= 0.3 is 11.8 Å². The zero-order chi connectivity index (χ0) is 21.8. The molecule has 2 aromatic carbocycles. The Bertz CT molecular complexity index is 1090. The highest BCUT2D eigenvalue weighted by atomic mass is 32.1. The molecule has 8 heteroatoms. The molecule has 0 radical (unpaired) electrons. The predicted molar refractivity (Wildman–Crippen MR) is 116 cm³/mol. The van der Waals surface area contributed by atoms with E-state index in [0.29, 0.717) is 0 Å². The summed E-state index contributed by atoms with van der Waals surface area (Å²) in [5.41, 5.74) is 2.20. The van der Waals surface area contributed by atoms with Crippen molar-refractivity contribution in [1.29, 1.82) is 0 Å². The number of carbonyl (C=O) groups excluding carboxylic acids is 2. The lowest BCUT2D eigenvalue weighted by Gasteiger charge is -2.35. The zero-order valence-electron chi connectivity index (χ0n) is 16.6. The Hall–Kier alpha value is -3.10. The van der Waals surface area contributed by atoms with Gasteiger partial charge in [0.25, 0.3) is 0 Å². The van der Waals surface area contributed by atoms with Crippen LogP contribution in [0.5, 0.6) is 0 Å². The monoisotopic (exact) mass is 441 g/mol. The predicted octanol–water partition coefficient (Wildman–Crippen LogP) is 3.88. The van der Waals surface area contributed by atoms with Gasteiger partial charge in [0.1, 0.15) is 11.6 Å². The van der Waals surface area contributed by atoms with Crippen molar-refractivity contribution in [1.82, 2.24) is 10.2 Å². The first-order chi connectivity index (χ1) is 15.0. The first-order valence-corrected chi connectivity index (χ1v) is 10.8. The average molecular weight is 442 g/mol. The van der Waals surface area contributed by atoms with Crippen LogP contribution >= 0.6 is 11.3 Å². The molecule has 0 saturated heterocycles. The normalized spacial score (nSPS) is 14.5. The summed E-state index contributed by atoms with van der Waals surface area (Å²) in [7, 11) is 0. The summed E-state index contributed by atoms with van der Waals surface area (Å²) in [6.45, 7) is 1.80. The van der Waals surface area contributed by atoms with E-state index in [1.807, 2.05) is 29.6 Å². The molecule has 1 atom stereocenters. The van der Waals surface area contributed by atoms with Crippen molar-refractivity contribution in [2.75, 3.05) is 18.4 Å². The Morgan fingerprint density at radius 3 is 2.61 bits per heavy atom. The van der Waals surface area contributed by atoms with Crippen LogP contribution in [-0.4, -0.2) is 29.8 Å². The second-order valence-corrected chi connectivity index (χ2v) is 8.29. The first kappa shape index (κ1) is 21.1. The lowest BCUT2D eigenvalue weighted by molar-refractivity contribution is -0.136. The van der Waals surface area contributed by atoms with Gasteiger partial charge in [0, 0.05) is 30.6 Å². The van der Waals surface area contributed by atoms with Crippen LogP contribution in [0.2, 0.25) is 0 Å². The number of nitrogens with one attached hydrogen (secondary N) is 2. The third-order valence-electron chi connectivity index (χ3n) is 5.31. The minimum absolute atomic E-state index is 0.101. The van der Waals surface area contributed by atoms with Crippen LogP contribution in [0, 0.1) is 11.6 Å². The standard InChI is InChI=1S/C23H21F2N3O2S/c24-17-7-8-18(25)19(12-17)27-23(30)22(29)26-13-20(21-6-3-11-31-21)28-10-9-15-4-1-2-5-16(15)14-28/h1-8,11-12,20H,9-10,13-14H2,(H,26,29)(H,27,30)/t20-/m0/s1. The summed E-state index contributed by atoms with van der Waals surface area (Å²) >= 11 is 1.59. The average Bonchev–Trinajstić information content (AvgIpc) is 3.30. The number of anilines is 1. The highest BCUT2D eigenvalue weighted by Gasteiger charge is 2.27. The molecule has 2 N–H and O–H groups in total. The molecule has 5 nitrogen and oxygen atoms in total. The van der Waals surface area contributed by atoms with E-state index >= 15 is 0 Å². The van der Waals surface area contributed by atoms with Gasteiger partial charge in [-0.25, -0.2) is 8.78 Å². The summed E-state index contributed by atoms with van der Waals surface area (Å²) < 4.78 is 27.0. The van der Waals surface area contributed by atoms with Crippen molar-refractivity contribution in [3.05, 3.63) is 87.6 Å². The summed E-state index contributed by atoms with van der Waals surface area (Å²) in [6.07, 6.45) is 0.908. The van der Waals surface area contributed by atoms with Gasteiger partial charge in [0.05, 0.1) is 11.7 Å². The smallest absolute Gasteiger partial charge is 0.313 e. The van der Waals surface area contributed by atoms with E-state index in [4.69, 9.17) is 0 Å². The fourth-order valence-corrected chi connectivity index (χ4v) is 4.58. The molecular weight excluding hydrogens is 420 g/mol. The van der Waals surface area contributed by atoms with Crippen LogP contribution in [0.4, 0.5) is 14.5 Å². The first-order valence-electron chi connectivity index (χ1n) is 9.90. The second-order valence-electron chi connectivity index (χ2n) is 7.31. The van der Waals surface area contributed by atoms with E-state index in [1.165, 1.54) is 11.1 Å². The molecule has 0 aliphatic carbocycles. The fraction of sp³-hybridized carbons (Fsp3) is 0.217. The van der Waals surface area contributed by atoms with Gasteiger partial charge in [-0.2, -0.15) is 0 Å². The van der Waals surface area contributed by atoms with E-state index < -0.39 is 23.4 Å². The van der Waals surface area contributed by atoms with Gasteiger partial charge in [-0.3, -0.25) is 14.5 Å². The van der Waals surface area contributed by atoms with Crippen LogP contribution in [0.1, 0.15) is 22.0 Å². The molecule has 3 aromatic rings. The van der Waals surface area contributed by atoms with E-state index in [0.717, 1.165) is 42.6 Å². The number of thiophene rings is 1. The van der Waals surface area contributed by atoms with Gasteiger partial charge in [-0.05, 0) is 41.1 Å². The van der Waals surface area contributed by atoms with Gasteiger partial charge in [-0.1, -0.05) is 30.3 Å². The van der Waals surface area contributed by atoms with Crippen LogP contribution < -0.4 is 10.6 Å². The molecule has 0 bridgehead atoms. The molecule has 0 saturated carbocycles. The molecule has 160 valence electrons. The number of nitrogens with zero attached hydrogens (tertiary/aromatic N) is 1. The summed E-state index contributed by atoms with van der Waals surface area (Å²) in [5, 5.41) is 6.74. The molecule has 2 heterocycles. The van der Waals surface area contributed by atoms with Crippen molar-refractivity contribution < 1.29 is 18.4 Å². The van der Waals surface area contributed by atoms with Crippen molar-refractivity contribution in [2.24, 2.45) is 0 Å². The van der Waals surface area contributed by atoms with Crippen molar-refractivity contribution in [2.45, 2.75) is 19.0 Å². The summed E-state index contributed by atoms with van der Waals surface area (Å²) in [6, 6.07) is 14.8. The highest BCUT2D eigenvalue weighted by molar-refractivity contribution is 7.10. The number of hydrogen-bond acceptors (Lipinski definition) is 4. The Morgan fingerprint density at radius 2 is 1.84 bits per heavy atom. The minimum Gasteiger partial charge on any atom is -0.346 e. The summed E-state index contributed by atoms with van der Waals surface area (Å²) in [5.74, 6) is -3.47. The molecule has 1 aliphatic heterocycles. The molecular formula is C23H21F2N3O2S. The molecule has 1 aliphatic rings. The van der Waals surface area contributed by atoms with Crippen LogP contribution in [0.25, 0.3) is 0 Å². The van der Waals surface area contributed by atoms with Gasteiger partial charge in [-0.15, -0.1) is 11.3 Å². The topological polar surface area (TPSA) is 61.4 Å². The number of benzene rings is 2. The van der Waals surface area contributed by atoms with E-state index in [-0.39, 0.29) is 18.3 Å². The molecule has 2 amide bonds. The lowest BCUT2D eigenvalue weighted by atomic mass is 9.98. The Kier molecular flexibility index (Phi) is 6.39. The van der Waals surface area contributed by atoms with Crippen molar-refractivity contribution in [3.63, 3.8) is 0 Å². The molecule has 0 fully saturated rings. The third kappa shape index (κ3) is 4.98. The largest absolute Gasteiger partial charge is 0.346 e. The van der Waals surface area contributed by atoms with E-state index in [9.17, 15) is 18.4 Å². The maximum Gasteiger partial charge on any atom is 0.313 e. The molecule has 31 heavy (non-hydrogen) atoms. The third-order valence-corrected chi connectivity index (χ3v) is 6.28. The molecule has 1 aromatic heterocycles. The molecule has 0 unspecified atom stereocenters. The van der Waals surface area contributed by atoms with Crippen LogP contribution in [0.3, 0.4) is 0 Å². The molecule has 4 rings (SSSR count).